The normalized spacial score (nSPS) is 11.4. The Labute approximate surface area is 140 Å². The van der Waals surface area contributed by atoms with Crippen molar-refractivity contribution in [1.82, 2.24) is 10.6 Å². The van der Waals surface area contributed by atoms with E-state index in [9.17, 15) is 14.4 Å². The van der Waals surface area contributed by atoms with Gasteiger partial charge in [0.1, 0.15) is 12.6 Å². The first kappa shape index (κ1) is 19.4. The van der Waals surface area contributed by atoms with E-state index in [1.807, 2.05) is 30.3 Å². The molecule has 0 fully saturated rings. The highest BCUT2D eigenvalue weighted by Gasteiger charge is 2.18. The number of rotatable bonds is 10. The highest BCUT2D eigenvalue weighted by Crippen LogP contribution is 2.02. The number of benzene rings is 1. The lowest BCUT2D eigenvalue weighted by atomic mass is 10.1. The number of carboxylic acids is 1. The molecule has 0 bridgehead atoms. The molecule has 1 rings (SSSR count). The Balaban J connectivity index is 2.14. The number of carbonyl (C=O) groups excluding carboxylic acids is 2. The van der Waals surface area contributed by atoms with Crippen LogP contribution in [0.1, 0.15) is 24.8 Å². The lowest BCUT2D eigenvalue weighted by Crippen LogP contribution is -2.43. The summed E-state index contributed by atoms with van der Waals surface area (Å²) in [5, 5.41) is 13.9. The van der Waals surface area contributed by atoms with E-state index < -0.39 is 24.0 Å². The van der Waals surface area contributed by atoms with Gasteiger partial charge in [0.25, 0.3) is 0 Å². The molecule has 0 saturated heterocycles. The number of nitrogens with one attached hydrogen (secondary N) is 2. The van der Waals surface area contributed by atoms with Crippen molar-refractivity contribution in [2.45, 2.75) is 31.9 Å². The predicted octanol–water partition coefficient (Wildman–Crippen LogP) is 0.611. The topological polar surface area (TPSA) is 131 Å². The number of amides is 2. The smallest absolute Gasteiger partial charge is 0.407 e. The van der Waals surface area contributed by atoms with Gasteiger partial charge < -0.3 is 26.2 Å². The third kappa shape index (κ3) is 8.14. The average Bonchev–Trinajstić information content (AvgIpc) is 2.59. The number of aliphatic carboxylic acids is 1. The third-order valence-corrected chi connectivity index (χ3v) is 3.22. The van der Waals surface area contributed by atoms with Crippen LogP contribution in [0.25, 0.3) is 0 Å². The van der Waals surface area contributed by atoms with E-state index >= 15 is 0 Å². The fraction of sp³-hybridized carbons (Fsp3) is 0.438. The number of carbonyl (C=O) groups is 3. The minimum Gasteiger partial charge on any atom is -0.480 e. The maximum Gasteiger partial charge on any atom is 0.407 e. The van der Waals surface area contributed by atoms with E-state index in [2.05, 4.69) is 10.6 Å². The lowest BCUT2D eigenvalue weighted by Gasteiger charge is -2.13. The number of unbranched alkanes of at least 4 members (excludes halogenated alkanes) is 1. The van der Waals surface area contributed by atoms with Gasteiger partial charge >= 0.3 is 12.1 Å². The first-order chi connectivity index (χ1) is 11.5. The van der Waals surface area contributed by atoms with Crippen molar-refractivity contribution < 1.29 is 24.2 Å². The Morgan fingerprint density at radius 1 is 1.17 bits per heavy atom. The van der Waals surface area contributed by atoms with Crippen molar-refractivity contribution in [3.05, 3.63) is 35.9 Å². The number of hydrogen-bond donors (Lipinski definition) is 4. The maximum absolute atomic E-state index is 11.5. The van der Waals surface area contributed by atoms with E-state index in [-0.39, 0.29) is 19.6 Å². The predicted molar refractivity (Wildman–Crippen MR) is 87.1 cm³/mol. The van der Waals surface area contributed by atoms with Crippen molar-refractivity contribution in [2.24, 2.45) is 5.73 Å². The molecule has 0 radical (unpaired) electrons. The van der Waals surface area contributed by atoms with Crippen LogP contribution in [0.4, 0.5) is 4.79 Å². The van der Waals surface area contributed by atoms with Crippen LogP contribution < -0.4 is 16.4 Å². The Kier molecular flexibility index (Phi) is 8.91. The Morgan fingerprint density at radius 3 is 2.50 bits per heavy atom. The second-order valence-corrected chi connectivity index (χ2v) is 5.15. The molecule has 132 valence electrons. The van der Waals surface area contributed by atoms with Crippen LogP contribution in [0.15, 0.2) is 30.3 Å². The first-order valence-corrected chi connectivity index (χ1v) is 7.69. The molecule has 1 aromatic rings. The summed E-state index contributed by atoms with van der Waals surface area (Å²) >= 11 is 0. The minimum atomic E-state index is -1.10. The van der Waals surface area contributed by atoms with Crippen LogP contribution in [0, 0.1) is 0 Å². The zero-order valence-corrected chi connectivity index (χ0v) is 13.4. The molecule has 0 saturated carbocycles. The van der Waals surface area contributed by atoms with Crippen LogP contribution in [0.5, 0.6) is 0 Å². The molecular formula is C16H23N3O5. The zero-order valence-electron chi connectivity index (χ0n) is 13.4. The van der Waals surface area contributed by atoms with E-state index in [0.29, 0.717) is 19.4 Å². The van der Waals surface area contributed by atoms with E-state index in [0.717, 1.165) is 5.56 Å². The Bertz CT molecular complexity index is 536. The van der Waals surface area contributed by atoms with Crippen LogP contribution in [-0.4, -0.2) is 42.2 Å². The molecule has 8 nitrogen and oxygen atoms in total. The summed E-state index contributed by atoms with van der Waals surface area (Å²) in [5.74, 6) is -1.61. The number of hydrogen-bond acceptors (Lipinski definition) is 5. The van der Waals surface area contributed by atoms with Gasteiger partial charge in [0.15, 0.2) is 0 Å². The van der Waals surface area contributed by atoms with Crippen LogP contribution in [0.2, 0.25) is 0 Å². The van der Waals surface area contributed by atoms with Gasteiger partial charge in [-0.15, -0.1) is 0 Å². The number of nitrogens with two attached hydrogens (primary N) is 1. The fourth-order valence-corrected chi connectivity index (χ4v) is 1.95. The summed E-state index contributed by atoms with van der Waals surface area (Å²) in [7, 11) is 0. The monoisotopic (exact) mass is 337 g/mol. The van der Waals surface area contributed by atoms with Crippen LogP contribution in [-0.2, 0) is 20.9 Å². The van der Waals surface area contributed by atoms with Gasteiger partial charge in [-0.2, -0.15) is 0 Å². The summed E-state index contributed by atoms with van der Waals surface area (Å²) in [5.41, 5.74) is 6.03. The number of alkyl carbamates (subject to hydrolysis) is 1. The molecule has 1 atom stereocenters. The summed E-state index contributed by atoms with van der Waals surface area (Å²) in [6.45, 7) is 0.308. The molecule has 5 N–H and O–H groups in total. The van der Waals surface area contributed by atoms with Gasteiger partial charge in [-0.3, -0.25) is 4.79 Å². The molecule has 0 spiro atoms. The Hall–Kier alpha value is -2.61. The molecule has 0 aliphatic heterocycles. The fourth-order valence-electron chi connectivity index (χ4n) is 1.95. The van der Waals surface area contributed by atoms with Crippen LogP contribution in [0.3, 0.4) is 0 Å². The zero-order chi connectivity index (χ0) is 17.8. The van der Waals surface area contributed by atoms with Gasteiger partial charge in [0.05, 0.1) is 6.54 Å². The molecule has 8 heteroatoms. The summed E-state index contributed by atoms with van der Waals surface area (Å²) in [6, 6.07) is 8.34. The van der Waals surface area contributed by atoms with Crippen molar-refractivity contribution in [1.29, 1.82) is 0 Å². The van der Waals surface area contributed by atoms with Gasteiger partial charge in [-0.05, 0) is 24.8 Å². The van der Waals surface area contributed by atoms with E-state index in [1.165, 1.54) is 0 Å². The second kappa shape index (κ2) is 11.0. The first-order valence-electron chi connectivity index (χ1n) is 7.69. The molecule has 2 amide bonds. The highest BCUT2D eigenvalue weighted by molar-refractivity contribution is 5.84. The minimum absolute atomic E-state index is 0.193. The Morgan fingerprint density at radius 2 is 1.88 bits per heavy atom. The molecule has 0 heterocycles. The van der Waals surface area contributed by atoms with E-state index in [4.69, 9.17) is 15.6 Å². The van der Waals surface area contributed by atoms with Gasteiger partial charge in [0.2, 0.25) is 5.91 Å². The SMILES string of the molecule is NCC(=O)N[C@@H](CCCCNC(=O)OCc1ccccc1)C(=O)O. The van der Waals surface area contributed by atoms with Crippen molar-refractivity contribution in [2.75, 3.05) is 13.1 Å². The van der Waals surface area contributed by atoms with Gasteiger partial charge in [-0.25, -0.2) is 9.59 Å². The molecule has 0 unspecified atom stereocenters. The maximum atomic E-state index is 11.5. The summed E-state index contributed by atoms with van der Waals surface area (Å²) < 4.78 is 5.05. The highest BCUT2D eigenvalue weighted by atomic mass is 16.5. The molecule has 1 aromatic carbocycles. The summed E-state index contributed by atoms with van der Waals surface area (Å²) in [6.07, 6.45) is 0.843. The van der Waals surface area contributed by atoms with Gasteiger partial charge in [-0.1, -0.05) is 30.3 Å². The van der Waals surface area contributed by atoms with E-state index in [1.54, 1.807) is 0 Å². The molecular weight excluding hydrogens is 314 g/mol. The van der Waals surface area contributed by atoms with Crippen molar-refractivity contribution >= 4 is 18.0 Å². The second-order valence-electron chi connectivity index (χ2n) is 5.15. The largest absolute Gasteiger partial charge is 0.480 e. The average molecular weight is 337 g/mol. The van der Waals surface area contributed by atoms with Crippen LogP contribution >= 0.6 is 0 Å². The van der Waals surface area contributed by atoms with Crippen molar-refractivity contribution in [3.8, 4) is 0 Å². The molecule has 0 aliphatic rings. The molecule has 24 heavy (non-hydrogen) atoms. The molecule has 0 aromatic heterocycles. The lowest BCUT2D eigenvalue weighted by molar-refractivity contribution is -0.141. The van der Waals surface area contributed by atoms with Crippen molar-refractivity contribution in [3.63, 3.8) is 0 Å². The summed E-state index contributed by atoms with van der Waals surface area (Å²) in [4.78, 5) is 33.6. The standard InChI is InChI=1S/C16H23N3O5/c17-10-14(20)19-13(15(21)22)8-4-5-9-18-16(23)24-11-12-6-2-1-3-7-12/h1-3,6-7,13H,4-5,8-11,17H2,(H,18,23)(H,19,20)(H,21,22)/t13-/m0/s1. The van der Waals surface area contributed by atoms with Gasteiger partial charge in [0, 0.05) is 6.54 Å². The number of carboxylic acid groups (broad SMARTS) is 1. The number of ether oxygens (including phenoxy) is 1. The molecule has 0 aliphatic carbocycles. The third-order valence-electron chi connectivity index (χ3n) is 3.22. The quantitative estimate of drug-likeness (QED) is 0.463.